The molecule has 0 aliphatic heterocycles. The molecule has 94 valence electrons. The SMILES string of the molecule is O=[N+]([O-])c1cc(Cn2cc(F)cn2)ccc1CO. The van der Waals surface area contributed by atoms with Crippen molar-refractivity contribution in [2.24, 2.45) is 0 Å². The zero-order chi connectivity index (χ0) is 13.1. The third-order valence-corrected chi connectivity index (χ3v) is 2.46. The number of hydrogen-bond donors (Lipinski definition) is 1. The Morgan fingerprint density at radius 2 is 2.28 bits per heavy atom. The third-order valence-electron chi connectivity index (χ3n) is 2.46. The summed E-state index contributed by atoms with van der Waals surface area (Å²) < 4.78 is 14.1. The molecule has 0 radical (unpaired) electrons. The lowest BCUT2D eigenvalue weighted by atomic mass is 10.1. The van der Waals surface area contributed by atoms with E-state index in [1.54, 1.807) is 6.07 Å². The maximum Gasteiger partial charge on any atom is 0.275 e. The number of nitro groups is 1. The lowest BCUT2D eigenvalue weighted by Crippen LogP contribution is -2.02. The molecule has 1 heterocycles. The Balaban J connectivity index is 2.29. The summed E-state index contributed by atoms with van der Waals surface area (Å²) in [7, 11) is 0. The van der Waals surface area contributed by atoms with Crippen LogP contribution < -0.4 is 0 Å². The van der Waals surface area contributed by atoms with Crippen LogP contribution >= 0.6 is 0 Å². The number of halogens is 1. The summed E-state index contributed by atoms with van der Waals surface area (Å²) in [5.74, 6) is -0.462. The van der Waals surface area contributed by atoms with Gasteiger partial charge < -0.3 is 5.11 Å². The molecular weight excluding hydrogens is 241 g/mol. The molecule has 18 heavy (non-hydrogen) atoms. The van der Waals surface area contributed by atoms with E-state index >= 15 is 0 Å². The average molecular weight is 251 g/mol. The van der Waals surface area contributed by atoms with Crippen molar-refractivity contribution in [2.75, 3.05) is 0 Å². The number of aromatic nitrogens is 2. The van der Waals surface area contributed by atoms with Gasteiger partial charge in [-0.3, -0.25) is 14.8 Å². The van der Waals surface area contributed by atoms with Gasteiger partial charge >= 0.3 is 0 Å². The maximum absolute atomic E-state index is 12.7. The van der Waals surface area contributed by atoms with E-state index in [-0.39, 0.29) is 17.8 Å². The first kappa shape index (κ1) is 12.2. The molecule has 0 aliphatic carbocycles. The standard InChI is InChI=1S/C11H10FN3O3/c12-10-4-13-14(6-10)5-8-1-2-9(7-16)11(3-8)15(17)18/h1-4,6,16H,5,7H2. The van der Waals surface area contributed by atoms with Crippen molar-refractivity contribution in [1.29, 1.82) is 0 Å². The first-order valence-electron chi connectivity index (χ1n) is 5.15. The van der Waals surface area contributed by atoms with Crippen molar-refractivity contribution in [2.45, 2.75) is 13.2 Å². The molecule has 1 aromatic heterocycles. The quantitative estimate of drug-likeness (QED) is 0.659. The van der Waals surface area contributed by atoms with Gasteiger partial charge in [0.2, 0.25) is 0 Å². The first-order chi connectivity index (χ1) is 8.60. The van der Waals surface area contributed by atoms with Crippen molar-refractivity contribution in [3.05, 3.63) is 57.7 Å². The van der Waals surface area contributed by atoms with Gasteiger partial charge in [-0.15, -0.1) is 0 Å². The van der Waals surface area contributed by atoms with E-state index < -0.39 is 17.3 Å². The van der Waals surface area contributed by atoms with E-state index in [0.29, 0.717) is 5.56 Å². The summed E-state index contributed by atoms with van der Waals surface area (Å²) in [5.41, 5.74) is 0.708. The number of nitro benzene ring substituents is 1. The average Bonchev–Trinajstić information content (AvgIpc) is 2.74. The van der Waals surface area contributed by atoms with Gasteiger partial charge in [-0.1, -0.05) is 6.07 Å². The highest BCUT2D eigenvalue weighted by Gasteiger charge is 2.13. The first-order valence-corrected chi connectivity index (χ1v) is 5.15. The zero-order valence-corrected chi connectivity index (χ0v) is 9.28. The van der Waals surface area contributed by atoms with Crippen molar-refractivity contribution >= 4 is 5.69 Å². The Morgan fingerprint density at radius 3 is 2.83 bits per heavy atom. The van der Waals surface area contributed by atoms with Crippen LogP contribution in [0, 0.1) is 15.9 Å². The van der Waals surface area contributed by atoms with E-state index in [4.69, 9.17) is 5.11 Å². The van der Waals surface area contributed by atoms with Gasteiger partial charge in [0.25, 0.3) is 5.69 Å². The molecule has 0 unspecified atom stereocenters. The monoisotopic (exact) mass is 251 g/mol. The Hall–Kier alpha value is -2.28. The molecule has 0 amide bonds. The number of hydrogen-bond acceptors (Lipinski definition) is 4. The zero-order valence-electron chi connectivity index (χ0n) is 9.28. The van der Waals surface area contributed by atoms with Crippen molar-refractivity contribution < 1.29 is 14.4 Å². The van der Waals surface area contributed by atoms with Crippen LogP contribution in [-0.2, 0) is 13.2 Å². The van der Waals surface area contributed by atoms with E-state index in [1.807, 2.05) is 0 Å². The second-order valence-electron chi connectivity index (χ2n) is 3.73. The van der Waals surface area contributed by atoms with Crippen LogP contribution in [0.5, 0.6) is 0 Å². The van der Waals surface area contributed by atoms with Crippen LogP contribution in [-0.4, -0.2) is 19.8 Å². The van der Waals surface area contributed by atoms with Crippen LogP contribution in [0.2, 0.25) is 0 Å². The molecule has 0 spiro atoms. The van der Waals surface area contributed by atoms with E-state index in [2.05, 4.69) is 5.10 Å². The highest BCUT2D eigenvalue weighted by atomic mass is 19.1. The fraction of sp³-hybridized carbons (Fsp3) is 0.182. The number of nitrogens with zero attached hydrogens (tertiary/aromatic N) is 3. The van der Waals surface area contributed by atoms with E-state index in [1.165, 1.54) is 23.0 Å². The predicted octanol–water partition coefficient (Wildman–Crippen LogP) is 1.47. The van der Waals surface area contributed by atoms with E-state index in [9.17, 15) is 14.5 Å². The van der Waals surface area contributed by atoms with Gasteiger partial charge in [-0.25, -0.2) is 4.39 Å². The molecule has 2 rings (SSSR count). The second kappa shape index (κ2) is 4.92. The molecule has 0 aliphatic rings. The second-order valence-corrected chi connectivity index (χ2v) is 3.73. The summed E-state index contributed by atoms with van der Waals surface area (Å²) in [4.78, 5) is 10.2. The molecular formula is C11H10FN3O3. The van der Waals surface area contributed by atoms with Gasteiger partial charge in [-0.05, 0) is 11.6 Å². The van der Waals surface area contributed by atoms with Crippen LogP contribution in [0.25, 0.3) is 0 Å². The number of aliphatic hydroxyl groups is 1. The van der Waals surface area contributed by atoms with E-state index in [0.717, 1.165) is 6.20 Å². The van der Waals surface area contributed by atoms with Gasteiger partial charge in [0.1, 0.15) is 0 Å². The minimum Gasteiger partial charge on any atom is -0.391 e. The molecule has 2 aromatic rings. The summed E-state index contributed by atoms with van der Waals surface area (Å²) in [5, 5.41) is 23.5. The van der Waals surface area contributed by atoms with Gasteiger partial charge in [0.15, 0.2) is 5.82 Å². The number of rotatable bonds is 4. The van der Waals surface area contributed by atoms with Crippen LogP contribution in [0.4, 0.5) is 10.1 Å². The third kappa shape index (κ3) is 2.51. The summed E-state index contributed by atoms with van der Waals surface area (Å²) in [6, 6.07) is 4.47. The smallest absolute Gasteiger partial charge is 0.275 e. The Labute approximate surface area is 101 Å². The largest absolute Gasteiger partial charge is 0.391 e. The maximum atomic E-state index is 12.7. The molecule has 0 bridgehead atoms. The van der Waals surface area contributed by atoms with Crippen molar-refractivity contribution in [3.63, 3.8) is 0 Å². The highest BCUT2D eigenvalue weighted by Crippen LogP contribution is 2.20. The minimum atomic E-state index is -0.557. The molecule has 6 nitrogen and oxygen atoms in total. The summed E-state index contributed by atoms with van der Waals surface area (Å²) in [6.45, 7) is -0.163. The fourth-order valence-electron chi connectivity index (χ4n) is 1.62. The van der Waals surface area contributed by atoms with Gasteiger partial charge in [-0.2, -0.15) is 5.10 Å². The van der Waals surface area contributed by atoms with Crippen LogP contribution in [0.3, 0.4) is 0 Å². The topological polar surface area (TPSA) is 81.2 Å². The normalized spacial score (nSPS) is 10.6. The number of benzene rings is 1. The van der Waals surface area contributed by atoms with Gasteiger partial charge in [0.05, 0.1) is 36.0 Å². The predicted molar refractivity (Wildman–Crippen MR) is 60.3 cm³/mol. The number of aliphatic hydroxyl groups excluding tert-OH is 1. The molecule has 0 atom stereocenters. The molecule has 0 fully saturated rings. The molecule has 1 aromatic carbocycles. The Kier molecular flexibility index (Phi) is 3.33. The molecule has 0 saturated carbocycles. The van der Waals surface area contributed by atoms with Crippen LogP contribution in [0.1, 0.15) is 11.1 Å². The summed E-state index contributed by atoms with van der Waals surface area (Å²) >= 11 is 0. The fourth-order valence-corrected chi connectivity index (χ4v) is 1.62. The van der Waals surface area contributed by atoms with Crippen molar-refractivity contribution in [3.8, 4) is 0 Å². The molecule has 0 saturated heterocycles. The minimum absolute atomic E-state index is 0.150. The molecule has 1 N–H and O–H groups in total. The van der Waals surface area contributed by atoms with Gasteiger partial charge in [0, 0.05) is 6.07 Å². The highest BCUT2D eigenvalue weighted by molar-refractivity contribution is 5.43. The Morgan fingerprint density at radius 1 is 1.50 bits per heavy atom. The molecule has 7 heteroatoms. The lowest BCUT2D eigenvalue weighted by molar-refractivity contribution is -0.385. The lowest BCUT2D eigenvalue weighted by Gasteiger charge is -2.04. The van der Waals surface area contributed by atoms with Crippen molar-refractivity contribution in [1.82, 2.24) is 9.78 Å². The van der Waals surface area contributed by atoms with Crippen LogP contribution in [0.15, 0.2) is 30.6 Å². The summed E-state index contributed by atoms with van der Waals surface area (Å²) in [6.07, 6.45) is 2.27. The Bertz CT molecular complexity index is 583.